The van der Waals surface area contributed by atoms with Crippen LogP contribution in [0.15, 0.2) is 0 Å². The minimum Gasteiger partial charge on any atom is -0.481 e. The maximum atomic E-state index is 12.4. The summed E-state index contributed by atoms with van der Waals surface area (Å²) < 4.78 is 0. The van der Waals surface area contributed by atoms with Gasteiger partial charge in [-0.15, -0.1) is 0 Å². The highest BCUT2D eigenvalue weighted by Crippen LogP contribution is 2.45. The molecule has 106 valence electrons. The van der Waals surface area contributed by atoms with Crippen molar-refractivity contribution in [1.82, 2.24) is 4.90 Å². The predicted octanol–water partition coefficient (Wildman–Crippen LogP) is 1.81. The first-order valence-electron chi connectivity index (χ1n) is 7.04. The van der Waals surface area contributed by atoms with Crippen molar-refractivity contribution in [3.8, 4) is 0 Å². The first-order chi connectivity index (χ1) is 8.96. The topological polar surface area (TPSA) is 74.7 Å². The van der Waals surface area contributed by atoms with E-state index in [2.05, 4.69) is 0 Å². The molecule has 1 aliphatic carbocycles. The summed E-state index contributed by atoms with van der Waals surface area (Å²) in [6.07, 6.45) is 5.44. The molecule has 2 fully saturated rings. The highest BCUT2D eigenvalue weighted by molar-refractivity contribution is 6.05. The van der Waals surface area contributed by atoms with Gasteiger partial charge in [0, 0.05) is 13.0 Å². The van der Waals surface area contributed by atoms with Crippen molar-refractivity contribution in [2.75, 3.05) is 6.54 Å². The van der Waals surface area contributed by atoms with Crippen LogP contribution in [-0.2, 0) is 14.4 Å². The number of carbonyl (C=O) groups is 3. The molecule has 2 aliphatic rings. The molecular formula is C14H21NO4. The molecule has 1 heterocycles. The molecule has 5 heteroatoms. The Morgan fingerprint density at radius 2 is 1.95 bits per heavy atom. The Labute approximate surface area is 113 Å². The highest BCUT2D eigenvalue weighted by atomic mass is 16.4. The van der Waals surface area contributed by atoms with Gasteiger partial charge in [0.1, 0.15) is 0 Å². The zero-order valence-electron chi connectivity index (χ0n) is 11.4. The van der Waals surface area contributed by atoms with Gasteiger partial charge in [-0.1, -0.05) is 26.2 Å². The van der Waals surface area contributed by atoms with Crippen LogP contribution in [0.25, 0.3) is 0 Å². The van der Waals surface area contributed by atoms with E-state index in [1.807, 2.05) is 0 Å². The molecular weight excluding hydrogens is 246 g/mol. The average molecular weight is 267 g/mol. The van der Waals surface area contributed by atoms with Gasteiger partial charge in [0.15, 0.2) is 0 Å². The van der Waals surface area contributed by atoms with Gasteiger partial charge in [0.2, 0.25) is 11.8 Å². The van der Waals surface area contributed by atoms with Crippen LogP contribution in [0.4, 0.5) is 0 Å². The standard InChI is InChI=1S/C14H21NO4/c1-10(12(17)18)5-8-15-11(16)9-14(13(15)19)6-3-2-4-7-14/h10H,2-9H2,1H3,(H,17,18). The van der Waals surface area contributed by atoms with E-state index in [4.69, 9.17) is 5.11 Å². The Bertz CT molecular complexity index is 398. The van der Waals surface area contributed by atoms with Crippen molar-refractivity contribution in [3.05, 3.63) is 0 Å². The molecule has 1 atom stereocenters. The zero-order valence-corrected chi connectivity index (χ0v) is 11.4. The average Bonchev–Trinajstić information content (AvgIpc) is 2.59. The van der Waals surface area contributed by atoms with E-state index in [0.717, 1.165) is 32.1 Å². The minimum atomic E-state index is -0.883. The number of amides is 2. The molecule has 5 nitrogen and oxygen atoms in total. The molecule has 1 N–H and O–H groups in total. The third kappa shape index (κ3) is 2.65. The fourth-order valence-electron chi connectivity index (χ4n) is 3.15. The molecule has 1 saturated heterocycles. The van der Waals surface area contributed by atoms with Crippen molar-refractivity contribution in [1.29, 1.82) is 0 Å². The lowest BCUT2D eigenvalue weighted by Gasteiger charge is -2.30. The van der Waals surface area contributed by atoms with E-state index in [0.29, 0.717) is 12.8 Å². The SMILES string of the molecule is CC(CCN1C(=O)CC2(CCCCC2)C1=O)C(=O)O. The van der Waals surface area contributed by atoms with Crippen LogP contribution >= 0.6 is 0 Å². The lowest BCUT2D eigenvalue weighted by atomic mass is 9.73. The van der Waals surface area contributed by atoms with Gasteiger partial charge in [-0.3, -0.25) is 19.3 Å². The van der Waals surface area contributed by atoms with E-state index >= 15 is 0 Å². The van der Waals surface area contributed by atoms with Gasteiger partial charge in [-0.25, -0.2) is 0 Å². The molecule has 1 saturated carbocycles. The van der Waals surface area contributed by atoms with E-state index in [-0.39, 0.29) is 18.4 Å². The molecule has 2 rings (SSSR count). The van der Waals surface area contributed by atoms with Crippen LogP contribution < -0.4 is 0 Å². The first-order valence-corrected chi connectivity index (χ1v) is 7.04. The molecule has 0 bridgehead atoms. The van der Waals surface area contributed by atoms with Crippen molar-refractivity contribution >= 4 is 17.8 Å². The van der Waals surface area contributed by atoms with Crippen LogP contribution in [0.3, 0.4) is 0 Å². The van der Waals surface area contributed by atoms with E-state index < -0.39 is 17.3 Å². The Hall–Kier alpha value is -1.39. The zero-order chi connectivity index (χ0) is 14.0. The summed E-state index contributed by atoms with van der Waals surface area (Å²) in [6, 6.07) is 0. The number of aliphatic carboxylic acids is 1. The second-order valence-electron chi connectivity index (χ2n) is 5.90. The second kappa shape index (κ2) is 5.31. The van der Waals surface area contributed by atoms with Gasteiger partial charge in [-0.05, 0) is 19.3 Å². The molecule has 19 heavy (non-hydrogen) atoms. The number of hydrogen-bond donors (Lipinski definition) is 1. The van der Waals surface area contributed by atoms with Crippen LogP contribution in [0.5, 0.6) is 0 Å². The molecule has 1 aliphatic heterocycles. The summed E-state index contributed by atoms with van der Waals surface area (Å²) in [6.45, 7) is 1.84. The molecule has 0 aromatic rings. The monoisotopic (exact) mass is 267 g/mol. The maximum absolute atomic E-state index is 12.4. The minimum absolute atomic E-state index is 0.0604. The quantitative estimate of drug-likeness (QED) is 0.788. The third-order valence-electron chi connectivity index (χ3n) is 4.51. The van der Waals surface area contributed by atoms with E-state index in [1.165, 1.54) is 4.90 Å². The number of carboxylic acids is 1. The second-order valence-corrected chi connectivity index (χ2v) is 5.90. The number of nitrogens with zero attached hydrogens (tertiary/aromatic N) is 1. The Morgan fingerprint density at radius 1 is 1.32 bits per heavy atom. The summed E-state index contributed by atoms with van der Waals surface area (Å²) in [4.78, 5) is 36.5. The molecule has 2 amide bonds. The summed E-state index contributed by atoms with van der Waals surface area (Å²) in [7, 11) is 0. The fourth-order valence-corrected chi connectivity index (χ4v) is 3.15. The fraction of sp³-hybridized carbons (Fsp3) is 0.786. The summed E-state index contributed by atoms with van der Waals surface area (Å²) in [5.41, 5.74) is -0.457. The van der Waals surface area contributed by atoms with Crippen LogP contribution in [0.2, 0.25) is 0 Å². The van der Waals surface area contributed by atoms with Gasteiger partial charge < -0.3 is 5.11 Å². The lowest BCUT2D eigenvalue weighted by molar-refractivity contribution is -0.145. The highest BCUT2D eigenvalue weighted by Gasteiger charge is 2.51. The van der Waals surface area contributed by atoms with E-state index in [1.54, 1.807) is 6.92 Å². The molecule has 0 radical (unpaired) electrons. The predicted molar refractivity (Wildman–Crippen MR) is 68.3 cm³/mol. The Kier molecular flexibility index (Phi) is 3.92. The summed E-state index contributed by atoms with van der Waals surface area (Å²) in [5, 5.41) is 8.84. The number of carbonyl (C=O) groups excluding carboxylic acids is 2. The normalized spacial score (nSPS) is 23.9. The van der Waals surface area contributed by atoms with Crippen LogP contribution in [0, 0.1) is 11.3 Å². The third-order valence-corrected chi connectivity index (χ3v) is 4.51. The van der Waals surface area contributed by atoms with Gasteiger partial charge >= 0.3 is 5.97 Å². The Balaban J connectivity index is 2.00. The van der Waals surface area contributed by atoms with E-state index in [9.17, 15) is 14.4 Å². The summed E-state index contributed by atoms with van der Waals surface area (Å²) >= 11 is 0. The maximum Gasteiger partial charge on any atom is 0.306 e. The number of hydrogen-bond acceptors (Lipinski definition) is 3. The smallest absolute Gasteiger partial charge is 0.306 e. The largest absolute Gasteiger partial charge is 0.481 e. The molecule has 0 aromatic heterocycles. The van der Waals surface area contributed by atoms with Gasteiger partial charge in [-0.2, -0.15) is 0 Å². The molecule has 1 spiro atoms. The van der Waals surface area contributed by atoms with Crippen molar-refractivity contribution < 1.29 is 19.5 Å². The van der Waals surface area contributed by atoms with Crippen molar-refractivity contribution in [2.24, 2.45) is 11.3 Å². The van der Waals surface area contributed by atoms with Crippen LogP contribution in [-0.4, -0.2) is 34.3 Å². The Morgan fingerprint density at radius 3 is 2.53 bits per heavy atom. The number of rotatable bonds is 4. The molecule has 0 aromatic carbocycles. The first kappa shape index (κ1) is 14.0. The van der Waals surface area contributed by atoms with Crippen molar-refractivity contribution in [3.63, 3.8) is 0 Å². The number of carboxylic acid groups (broad SMARTS) is 1. The van der Waals surface area contributed by atoms with Gasteiger partial charge in [0.05, 0.1) is 11.3 Å². The van der Waals surface area contributed by atoms with Crippen molar-refractivity contribution in [2.45, 2.75) is 51.9 Å². The van der Waals surface area contributed by atoms with Crippen LogP contribution in [0.1, 0.15) is 51.9 Å². The number of imide groups is 1. The molecule has 1 unspecified atom stereocenters. The number of likely N-dealkylation sites (tertiary alicyclic amines) is 1. The van der Waals surface area contributed by atoms with Gasteiger partial charge in [0.25, 0.3) is 0 Å². The summed E-state index contributed by atoms with van der Waals surface area (Å²) in [5.74, 6) is -1.59. The lowest BCUT2D eigenvalue weighted by Crippen LogP contribution is -2.38.